The van der Waals surface area contributed by atoms with Crippen LogP contribution in [0.25, 0.3) is 0 Å². The SMILES string of the molecule is Cc1noc(C)c1CSc1ncccc1C(=O)O[C@H](C)C(=O)N1CCNC1=O. The molecule has 10 heteroatoms. The van der Waals surface area contributed by atoms with E-state index >= 15 is 0 Å². The number of urea groups is 1. The summed E-state index contributed by atoms with van der Waals surface area (Å²) in [6, 6.07) is 2.73. The molecule has 2 aromatic rings. The molecule has 0 saturated carbocycles. The summed E-state index contributed by atoms with van der Waals surface area (Å²) in [5.74, 6) is 0.0149. The Morgan fingerprint density at radius 2 is 2.21 bits per heavy atom. The van der Waals surface area contributed by atoms with Crippen molar-refractivity contribution in [2.75, 3.05) is 13.1 Å². The number of amides is 3. The van der Waals surface area contributed by atoms with Gasteiger partial charge in [-0.15, -0.1) is 11.8 Å². The second-order valence-corrected chi connectivity index (χ2v) is 7.18. The zero-order valence-corrected chi connectivity index (χ0v) is 16.5. The van der Waals surface area contributed by atoms with Gasteiger partial charge in [-0.2, -0.15) is 0 Å². The molecule has 3 amide bonds. The molecule has 3 heterocycles. The Hall–Kier alpha value is -2.88. The van der Waals surface area contributed by atoms with Crippen molar-refractivity contribution in [3.05, 3.63) is 40.9 Å². The highest BCUT2D eigenvalue weighted by Crippen LogP contribution is 2.27. The van der Waals surface area contributed by atoms with Crippen LogP contribution in [0.1, 0.15) is 34.3 Å². The normalized spacial score (nSPS) is 14.7. The summed E-state index contributed by atoms with van der Waals surface area (Å²) in [5, 5.41) is 6.93. The number of aryl methyl sites for hydroxylation is 2. The molecule has 9 nitrogen and oxygen atoms in total. The lowest BCUT2D eigenvalue weighted by molar-refractivity contribution is -0.136. The van der Waals surface area contributed by atoms with Crippen LogP contribution in [0.3, 0.4) is 0 Å². The summed E-state index contributed by atoms with van der Waals surface area (Å²) < 4.78 is 10.4. The molecule has 1 fully saturated rings. The Morgan fingerprint density at radius 3 is 2.86 bits per heavy atom. The van der Waals surface area contributed by atoms with Crippen molar-refractivity contribution < 1.29 is 23.6 Å². The molecule has 28 heavy (non-hydrogen) atoms. The largest absolute Gasteiger partial charge is 0.449 e. The van der Waals surface area contributed by atoms with E-state index in [9.17, 15) is 14.4 Å². The maximum absolute atomic E-state index is 12.6. The van der Waals surface area contributed by atoms with Crippen LogP contribution in [0, 0.1) is 13.8 Å². The molecule has 0 spiro atoms. The maximum Gasteiger partial charge on any atom is 0.341 e. The monoisotopic (exact) mass is 404 g/mol. The average Bonchev–Trinajstić information content (AvgIpc) is 3.25. The van der Waals surface area contributed by atoms with E-state index in [-0.39, 0.29) is 12.1 Å². The summed E-state index contributed by atoms with van der Waals surface area (Å²) in [6.07, 6.45) is 0.493. The highest BCUT2D eigenvalue weighted by Gasteiger charge is 2.32. The molecule has 1 aliphatic rings. The van der Waals surface area contributed by atoms with Crippen molar-refractivity contribution in [2.45, 2.75) is 37.7 Å². The number of pyridine rings is 1. The fraction of sp³-hybridized carbons (Fsp3) is 0.389. The predicted octanol–water partition coefficient (Wildman–Crippen LogP) is 2.08. The molecule has 148 valence electrons. The number of ether oxygens (including phenoxy) is 1. The van der Waals surface area contributed by atoms with Crippen LogP contribution < -0.4 is 5.32 Å². The van der Waals surface area contributed by atoms with Crippen LogP contribution in [-0.4, -0.2) is 52.1 Å². The third kappa shape index (κ3) is 4.16. The van der Waals surface area contributed by atoms with E-state index in [4.69, 9.17) is 9.26 Å². The van der Waals surface area contributed by atoms with Crippen LogP contribution >= 0.6 is 11.8 Å². The molecule has 2 aromatic heterocycles. The first-order valence-electron chi connectivity index (χ1n) is 8.68. The van der Waals surface area contributed by atoms with Gasteiger partial charge in [0.25, 0.3) is 5.91 Å². The molecule has 0 unspecified atom stereocenters. The van der Waals surface area contributed by atoms with Gasteiger partial charge in [0, 0.05) is 30.6 Å². The lowest BCUT2D eigenvalue weighted by Crippen LogP contribution is -2.41. The third-order valence-corrected chi connectivity index (χ3v) is 5.31. The molecule has 3 rings (SSSR count). The Bertz CT molecular complexity index is 894. The van der Waals surface area contributed by atoms with Crippen LogP contribution in [0.15, 0.2) is 27.9 Å². The van der Waals surface area contributed by atoms with Gasteiger partial charge in [0.15, 0.2) is 6.10 Å². The second-order valence-electron chi connectivity index (χ2n) is 6.22. The Kier molecular flexibility index (Phi) is 5.98. The van der Waals surface area contributed by atoms with E-state index < -0.39 is 24.0 Å². The number of nitrogens with one attached hydrogen (secondary N) is 1. The first-order chi connectivity index (χ1) is 13.4. The summed E-state index contributed by atoms with van der Waals surface area (Å²) in [5.41, 5.74) is 1.98. The topological polar surface area (TPSA) is 115 Å². The summed E-state index contributed by atoms with van der Waals surface area (Å²) >= 11 is 1.35. The average molecular weight is 404 g/mol. The number of rotatable bonds is 6. The van der Waals surface area contributed by atoms with Gasteiger partial charge < -0.3 is 14.6 Å². The molecule has 0 radical (unpaired) electrons. The smallest absolute Gasteiger partial charge is 0.341 e. The summed E-state index contributed by atoms with van der Waals surface area (Å²) in [7, 11) is 0. The minimum absolute atomic E-state index is 0.254. The van der Waals surface area contributed by atoms with Crippen molar-refractivity contribution in [2.24, 2.45) is 0 Å². The maximum atomic E-state index is 12.6. The van der Waals surface area contributed by atoms with E-state index in [1.807, 2.05) is 13.8 Å². The molecular formula is C18H20N4O5S. The zero-order valence-electron chi connectivity index (χ0n) is 15.7. The predicted molar refractivity (Wildman–Crippen MR) is 99.8 cm³/mol. The van der Waals surface area contributed by atoms with Crippen molar-refractivity contribution in [3.8, 4) is 0 Å². The Balaban J connectivity index is 1.68. The second kappa shape index (κ2) is 8.42. The van der Waals surface area contributed by atoms with Gasteiger partial charge >= 0.3 is 12.0 Å². The van der Waals surface area contributed by atoms with Gasteiger partial charge in [-0.05, 0) is 32.9 Å². The highest BCUT2D eigenvalue weighted by atomic mass is 32.2. The number of imide groups is 1. The first-order valence-corrected chi connectivity index (χ1v) is 9.66. The minimum atomic E-state index is -1.09. The van der Waals surface area contributed by atoms with Crippen molar-refractivity contribution >= 4 is 29.7 Å². The quantitative estimate of drug-likeness (QED) is 0.575. The molecule has 1 saturated heterocycles. The lowest BCUT2D eigenvalue weighted by atomic mass is 10.2. The number of hydrogen-bond donors (Lipinski definition) is 1. The number of nitrogens with zero attached hydrogens (tertiary/aromatic N) is 3. The number of esters is 1. The number of thioether (sulfide) groups is 1. The van der Waals surface area contributed by atoms with Crippen molar-refractivity contribution in [1.29, 1.82) is 0 Å². The third-order valence-electron chi connectivity index (χ3n) is 4.28. The van der Waals surface area contributed by atoms with Gasteiger partial charge in [0.05, 0.1) is 11.3 Å². The number of carbonyl (C=O) groups excluding carboxylic acids is 3. The Morgan fingerprint density at radius 1 is 1.43 bits per heavy atom. The number of carbonyl (C=O) groups is 3. The highest BCUT2D eigenvalue weighted by molar-refractivity contribution is 7.98. The summed E-state index contributed by atoms with van der Waals surface area (Å²) in [6.45, 7) is 5.76. The van der Waals surface area contributed by atoms with Crippen molar-refractivity contribution in [1.82, 2.24) is 20.4 Å². The molecule has 1 atom stereocenters. The van der Waals surface area contributed by atoms with E-state index in [2.05, 4.69) is 15.5 Å². The Labute approximate surface area is 165 Å². The van der Waals surface area contributed by atoms with E-state index in [0.29, 0.717) is 23.1 Å². The van der Waals surface area contributed by atoms with Crippen molar-refractivity contribution in [3.63, 3.8) is 0 Å². The van der Waals surface area contributed by atoms with Crippen LogP contribution in [-0.2, 0) is 15.3 Å². The molecule has 0 aliphatic carbocycles. The van der Waals surface area contributed by atoms with Crippen LogP contribution in [0.4, 0.5) is 4.79 Å². The minimum Gasteiger partial charge on any atom is -0.449 e. The standard InChI is InChI=1S/C18H20N4O5S/c1-10-14(11(2)27-21-10)9-28-15-13(5-4-6-19-15)17(24)26-12(3)16(23)22-8-7-20-18(22)25/h4-6,12H,7-9H2,1-3H3,(H,20,25)/t12-/m1/s1. The molecule has 1 N–H and O–H groups in total. The van der Waals surface area contributed by atoms with E-state index in [0.717, 1.165) is 16.2 Å². The van der Waals surface area contributed by atoms with Gasteiger partial charge in [0.1, 0.15) is 10.8 Å². The van der Waals surface area contributed by atoms with Gasteiger partial charge in [-0.3, -0.25) is 9.69 Å². The molecule has 1 aliphatic heterocycles. The van der Waals surface area contributed by atoms with Crippen LogP contribution in [0.5, 0.6) is 0 Å². The summed E-state index contributed by atoms with van der Waals surface area (Å²) in [4.78, 5) is 41.8. The molecule has 0 bridgehead atoms. The number of hydrogen-bond acceptors (Lipinski definition) is 8. The van der Waals surface area contributed by atoms with Gasteiger partial charge in [-0.25, -0.2) is 14.6 Å². The molecular weight excluding hydrogens is 384 g/mol. The lowest BCUT2D eigenvalue weighted by Gasteiger charge is -2.18. The zero-order chi connectivity index (χ0) is 20.3. The molecule has 0 aromatic carbocycles. The fourth-order valence-electron chi connectivity index (χ4n) is 2.69. The number of aromatic nitrogens is 2. The van der Waals surface area contributed by atoms with E-state index in [1.165, 1.54) is 18.7 Å². The van der Waals surface area contributed by atoms with Gasteiger partial charge in [-0.1, -0.05) is 5.16 Å². The van der Waals surface area contributed by atoms with E-state index in [1.54, 1.807) is 18.3 Å². The van der Waals surface area contributed by atoms with Gasteiger partial charge in [0.2, 0.25) is 0 Å². The fourth-order valence-corrected chi connectivity index (χ4v) is 3.82. The van der Waals surface area contributed by atoms with Crippen LogP contribution in [0.2, 0.25) is 0 Å². The first kappa shape index (κ1) is 19.9.